The van der Waals surface area contributed by atoms with Crippen LogP contribution < -0.4 is 5.32 Å². The number of aromatic nitrogens is 3. The van der Waals surface area contributed by atoms with Crippen molar-refractivity contribution in [3.63, 3.8) is 0 Å². The maximum absolute atomic E-state index is 12.5. The monoisotopic (exact) mass is 474 g/mol. The molecule has 1 amide bonds. The van der Waals surface area contributed by atoms with Gasteiger partial charge in [-0.25, -0.2) is 4.98 Å². The van der Waals surface area contributed by atoms with Crippen LogP contribution in [0.4, 0.5) is 5.69 Å². The maximum Gasteiger partial charge on any atom is 0.234 e. The van der Waals surface area contributed by atoms with Crippen molar-refractivity contribution < 1.29 is 4.79 Å². The summed E-state index contributed by atoms with van der Waals surface area (Å²) in [6.45, 7) is 6.01. The highest BCUT2D eigenvalue weighted by Gasteiger charge is 2.15. The number of benzene rings is 3. The van der Waals surface area contributed by atoms with E-state index in [4.69, 9.17) is 16.6 Å². The Kier molecular flexibility index (Phi) is 7.06. The van der Waals surface area contributed by atoms with Crippen molar-refractivity contribution in [3.05, 3.63) is 88.4 Å². The van der Waals surface area contributed by atoms with Gasteiger partial charge in [0.05, 0.1) is 5.75 Å². The highest BCUT2D eigenvalue weighted by atomic mass is 35.5. The van der Waals surface area contributed by atoms with Crippen LogP contribution >= 0.6 is 23.4 Å². The van der Waals surface area contributed by atoms with Crippen LogP contribution in [-0.2, 0) is 4.79 Å². The summed E-state index contributed by atoms with van der Waals surface area (Å²) in [6, 6.07) is 21.7. The molecule has 1 heterocycles. The summed E-state index contributed by atoms with van der Waals surface area (Å²) < 4.78 is 0. The van der Waals surface area contributed by atoms with E-state index in [1.54, 1.807) is 12.1 Å². The van der Waals surface area contributed by atoms with Crippen molar-refractivity contribution in [2.45, 2.75) is 25.9 Å². The van der Waals surface area contributed by atoms with Crippen LogP contribution in [0.2, 0.25) is 5.02 Å². The summed E-state index contributed by atoms with van der Waals surface area (Å²) in [4.78, 5) is 17.3. The van der Waals surface area contributed by atoms with Crippen LogP contribution in [0.5, 0.6) is 0 Å². The van der Waals surface area contributed by atoms with E-state index in [0.29, 0.717) is 21.6 Å². The quantitative estimate of drug-likeness (QED) is 0.322. The molecule has 4 aromatic rings. The zero-order valence-electron chi connectivity index (χ0n) is 18.6. The van der Waals surface area contributed by atoms with E-state index in [1.807, 2.05) is 75.4 Å². The molecule has 3 aromatic carbocycles. The first-order valence-electron chi connectivity index (χ1n) is 10.5. The third-order valence-corrected chi connectivity index (χ3v) is 6.20. The Hall–Kier alpha value is -3.22. The molecule has 1 N–H and O–H groups in total. The van der Waals surface area contributed by atoms with Gasteiger partial charge >= 0.3 is 0 Å². The maximum atomic E-state index is 12.5. The second kappa shape index (κ2) is 10.1. The molecule has 0 bridgehead atoms. The highest BCUT2D eigenvalue weighted by Crippen LogP contribution is 2.30. The fraction of sp³-hybridized carbons (Fsp3) is 0.154. The number of halogens is 1. The summed E-state index contributed by atoms with van der Waals surface area (Å²) in [7, 11) is 0. The molecule has 33 heavy (non-hydrogen) atoms. The van der Waals surface area contributed by atoms with E-state index in [9.17, 15) is 4.79 Å². The highest BCUT2D eigenvalue weighted by molar-refractivity contribution is 7.99. The Labute approximate surface area is 202 Å². The van der Waals surface area contributed by atoms with Crippen LogP contribution in [0.25, 0.3) is 22.5 Å². The van der Waals surface area contributed by atoms with Gasteiger partial charge < -0.3 is 5.32 Å². The molecule has 0 spiro atoms. The number of nitrogens with zero attached hydrogens (tertiary/aromatic N) is 3. The van der Waals surface area contributed by atoms with Gasteiger partial charge in [-0.3, -0.25) is 4.79 Å². The van der Waals surface area contributed by atoms with Gasteiger partial charge in [-0.05, 0) is 38.5 Å². The smallest absolute Gasteiger partial charge is 0.234 e. The predicted octanol–water partition coefficient (Wildman–Crippen LogP) is 6.52. The molecule has 0 atom stereocenters. The zero-order valence-corrected chi connectivity index (χ0v) is 20.2. The number of carbonyl (C=O) groups is 1. The van der Waals surface area contributed by atoms with Gasteiger partial charge in [0, 0.05) is 21.8 Å². The Balaban J connectivity index is 1.58. The van der Waals surface area contributed by atoms with Crippen LogP contribution in [-0.4, -0.2) is 26.8 Å². The summed E-state index contributed by atoms with van der Waals surface area (Å²) in [5.41, 5.74) is 7.32. The molecule has 0 aliphatic rings. The van der Waals surface area contributed by atoms with Crippen LogP contribution in [0.1, 0.15) is 16.7 Å². The predicted molar refractivity (Wildman–Crippen MR) is 136 cm³/mol. The molecule has 0 radical (unpaired) electrons. The van der Waals surface area contributed by atoms with Crippen molar-refractivity contribution in [1.82, 2.24) is 15.2 Å². The number of amides is 1. The molecular formula is C26H23ClN4OS. The van der Waals surface area contributed by atoms with Gasteiger partial charge in [-0.15, -0.1) is 10.2 Å². The number of thioether (sulfide) groups is 1. The molecule has 7 heteroatoms. The topological polar surface area (TPSA) is 67.8 Å². The standard InChI is InChI=1S/C26H23ClN4OS/c1-16-4-9-19(10-5-16)24-25(20-11-6-17(2)7-12-20)30-31-26(29-24)33-15-23(32)28-22-14-21(27)13-8-18(22)3/h4-14H,15H2,1-3H3,(H,28,32). The molecule has 1 aromatic heterocycles. The molecule has 0 aliphatic heterocycles. The van der Waals surface area contributed by atoms with E-state index < -0.39 is 0 Å². The minimum absolute atomic E-state index is 0.158. The number of carbonyl (C=O) groups excluding carboxylic acids is 1. The number of nitrogens with one attached hydrogen (secondary N) is 1. The van der Waals surface area contributed by atoms with Gasteiger partial charge in [0.25, 0.3) is 0 Å². The Morgan fingerprint density at radius 1 is 0.848 bits per heavy atom. The second-order valence-corrected chi connectivity index (χ2v) is 9.20. The lowest BCUT2D eigenvalue weighted by atomic mass is 10.0. The van der Waals surface area contributed by atoms with Gasteiger partial charge in [-0.1, -0.05) is 89.1 Å². The summed E-state index contributed by atoms with van der Waals surface area (Å²) in [6.07, 6.45) is 0. The van der Waals surface area contributed by atoms with Crippen molar-refractivity contribution >= 4 is 35.0 Å². The number of anilines is 1. The molecular weight excluding hydrogens is 452 g/mol. The van der Waals surface area contributed by atoms with Gasteiger partial charge in [0.1, 0.15) is 11.4 Å². The average Bonchev–Trinajstić information content (AvgIpc) is 2.81. The fourth-order valence-electron chi connectivity index (χ4n) is 3.24. The van der Waals surface area contributed by atoms with Crippen LogP contribution in [0.15, 0.2) is 71.9 Å². The number of aryl methyl sites for hydroxylation is 3. The molecule has 5 nitrogen and oxygen atoms in total. The number of hydrogen-bond acceptors (Lipinski definition) is 5. The van der Waals surface area contributed by atoms with Crippen LogP contribution in [0.3, 0.4) is 0 Å². The average molecular weight is 475 g/mol. The van der Waals surface area contributed by atoms with Gasteiger partial charge in [-0.2, -0.15) is 0 Å². The Bertz CT molecular complexity index is 1290. The molecule has 166 valence electrons. The van der Waals surface area contributed by atoms with Crippen molar-refractivity contribution in [3.8, 4) is 22.5 Å². The van der Waals surface area contributed by atoms with Crippen LogP contribution in [0, 0.1) is 20.8 Å². The normalized spacial score (nSPS) is 10.8. The minimum Gasteiger partial charge on any atom is -0.325 e. The third-order valence-electron chi connectivity index (χ3n) is 5.12. The van der Waals surface area contributed by atoms with E-state index in [2.05, 4.69) is 15.5 Å². The van der Waals surface area contributed by atoms with Gasteiger partial charge in [0.15, 0.2) is 0 Å². The van der Waals surface area contributed by atoms with E-state index in [0.717, 1.165) is 22.4 Å². The first kappa shape index (κ1) is 23.0. The summed E-state index contributed by atoms with van der Waals surface area (Å²) in [5.74, 6) is -0.00124. The largest absolute Gasteiger partial charge is 0.325 e. The molecule has 0 fully saturated rings. The Morgan fingerprint density at radius 2 is 1.45 bits per heavy atom. The lowest BCUT2D eigenvalue weighted by Crippen LogP contribution is -2.15. The minimum atomic E-state index is -0.159. The third kappa shape index (κ3) is 5.78. The summed E-state index contributed by atoms with van der Waals surface area (Å²) in [5, 5.41) is 12.7. The van der Waals surface area contributed by atoms with Crippen molar-refractivity contribution in [2.75, 3.05) is 11.1 Å². The molecule has 0 unspecified atom stereocenters. The van der Waals surface area contributed by atoms with Crippen molar-refractivity contribution in [1.29, 1.82) is 0 Å². The van der Waals surface area contributed by atoms with E-state index in [-0.39, 0.29) is 11.7 Å². The lowest BCUT2D eigenvalue weighted by molar-refractivity contribution is -0.113. The summed E-state index contributed by atoms with van der Waals surface area (Å²) >= 11 is 7.29. The lowest BCUT2D eigenvalue weighted by Gasteiger charge is -2.11. The number of rotatable bonds is 6. The van der Waals surface area contributed by atoms with Crippen molar-refractivity contribution in [2.24, 2.45) is 0 Å². The Morgan fingerprint density at radius 3 is 2.09 bits per heavy atom. The van der Waals surface area contributed by atoms with E-state index >= 15 is 0 Å². The molecule has 0 saturated carbocycles. The molecule has 0 aliphatic carbocycles. The van der Waals surface area contributed by atoms with E-state index in [1.165, 1.54) is 22.9 Å². The molecule has 0 saturated heterocycles. The van der Waals surface area contributed by atoms with Gasteiger partial charge in [0.2, 0.25) is 11.1 Å². The molecule has 4 rings (SSSR count). The fourth-order valence-corrected chi connectivity index (χ4v) is 3.99. The first-order chi connectivity index (χ1) is 15.9. The zero-order chi connectivity index (χ0) is 23.4. The SMILES string of the molecule is Cc1ccc(-c2nnc(SCC(=O)Nc3cc(Cl)ccc3C)nc2-c2ccc(C)cc2)cc1. The first-order valence-corrected chi connectivity index (χ1v) is 11.8. The number of hydrogen-bond donors (Lipinski definition) is 1. The second-order valence-electron chi connectivity index (χ2n) is 7.82.